The molecule has 1 aliphatic rings. The van der Waals surface area contributed by atoms with E-state index in [2.05, 4.69) is 24.0 Å². The number of rotatable bonds is 6. The van der Waals surface area contributed by atoms with Crippen molar-refractivity contribution in [2.75, 3.05) is 18.0 Å². The van der Waals surface area contributed by atoms with Crippen LogP contribution in [0.1, 0.15) is 49.4 Å². The number of halogens is 1. The third kappa shape index (κ3) is 4.21. The van der Waals surface area contributed by atoms with Gasteiger partial charge in [0.05, 0.1) is 6.54 Å². The fraction of sp³-hybridized carbons (Fsp3) is 0.440. The standard InChI is InChI=1S/C25H32ClN5O/c1-4-5-6-12-20-17(2)29(3)24(32)23-22(20)28-25(30-14-9-11-19(27)16-30)31(23)15-18-10-7-8-13-21(18)26/h6-8,10,12-13,19H,4-5,9,11,14-16,27H2,1-3H3. The molecular formula is C25H32ClN5O. The third-order valence-corrected chi connectivity index (χ3v) is 6.74. The summed E-state index contributed by atoms with van der Waals surface area (Å²) in [4.78, 5) is 20.8. The topological polar surface area (TPSA) is 69.1 Å². The number of pyridine rings is 1. The van der Waals surface area contributed by atoms with Crippen molar-refractivity contribution in [3.8, 4) is 0 Å². The second-order valence-electron chi connectivity index (χ2n) is 8.69. The number of piperidine rings is 1. The van der Waals surface area contributed by atoms with Gasteiger partial charge in [0, 0.05) is 42.5 Å². The van der Waals surface area contributed by atoms with Crippen LogP contribution in [0, 0.1) is 6.92 Å². The number of allylic oxidation sites excluding steroid dienone is 1. The molecule has 0 radical (unpaired) electrons. The lowest BCUT2D eigenvalue weighted by Crippen LogP contribution is -2.44. The number of aromatic nitrogens is 3. The summed E-state index contributed by atoms with van der Waals surface area (Å²) >= 11 is 6.50. The highest BCUT2D eigenvalue weighted by molar-refractivity contribution is 6.31. The summed E-state index contributed by atoms with van der Waals surface area (Å²) in [6.45, 7) is 6.22. The zero-order chi connectivity index (χ0) is 22.8. The van der Waals surface area contributed by atoms with Crippen molar-refractivity contribution in [3.05, 3.63) is 62.5 Å². The number of anilines is 1. The molecule has 1 fully saturated rings. The van der Waals surface area contributed by atoms with E-state index in [-0.39, 0.29) is 11.6 Å². The monoisotopic (exact) mass is 453 g/mol. The fourth-order valence-electron chi connectivity index (χ4n) is 4.46. The molecule has 170 valence electrons. The van der Waals surface area contributed by atoms with E-state index in [0.717, 1.165) is 67.1 Å². The van der Waals surface area contributed by atoms with E-state index in [4.69, 9.17) is 22.3 Å². The van der Waals surface area contributed by atoms with Crippen molar-refractivity contribution in [2.24, 2.45) is 12.8 Å². The smallest absolute Gasteiger partial charge is 0.276 e. The van der Waals surface area contributed by atoms with Gasteiger partial charge < -0.3 is 19.8 Å². The maximum absolute atomic E-state index is 13.5. The van der Waals surface area contributed by atoms with Crippen molar-refractivity contribution in [3.63, 3.8) is 0 Å². The Labute approximate surface area is 194 Å². The molecule has 1 aliphatic heterocycles. The van der Waals surface area contributed by atoms with Crippen LogP contribution in [0.4, 0.5) is 5.95 Å². The molecule has 0 bridgehead atoms. The summed E-state index contributed by atoms with van der Waals surface area (Å²) in [6.07, 6.45) is 8.35. The first-order valence-electron chi connectivity index (χ1n) is 11.4. The zero-order valence-corrected chi connectivity index (χ0v) is 19.9. The second kappa shape index (κ2) is 9.51. The van der Waals surface area contributed by atoms with E-state index in [0.29, 0.717) is 17.1 Å². The number of nitrogens with two attached hydrogens (primary N) is 1. The summed E-state index contributed by atoms with van der Waals surface area (Å²) in [5, 5.41) is 0.683. The van der Waals surface area contributed by atoms with Crippen LogP contribution in [0.25, 0.3) is 17.1 Å². The van der Waals surface area contributed by atoms with Crippen molar-refractivity contribution in [1.82, 2.24) is 14.1 Å². The van der Waals surface area contributed by atoms with E-state index in [1.54, 1.807) is 4.57 Å². The van der Waals surface area contributed by atoms with Crippen LogP contribution in [-0.2, 0) is 13.6 Å². The minimum atomic E-state index is -0.0442. The van der Waals surface area contributed by atoms with Crippen LogP contribution >= 0.6 is 11.6 Å². The lowest BCUT2D eigenvalue weighted by Gasteiger charge is -2.32. The Morgan fingerprint density at radius 3 is 2.81 bits per heavy atom. The van der Waals surface area contributed by atoms with Gasteiger partial charge in [-0.25, -0.2) is 4.98 Å². The molecule has 2 N–H and O–H groups in total. The van der Waals surface area contributed by atoms with E-state index in [1.807, 2.05) is 42.8 Å². The molecule has 4 rings (SSSR count). The van der Waals surface area contributed by atoms with Crippen LogP contribution in [0.15, 0.2) is 35.1 Å². The van der Waals surface area contributed by atoms with E-state index >= 15 is 0 Å². The SMILES string of the molecule is CCCC=Cc1c(C)n(C)c(=O)c2c1nc(N1CCCC(N)C1)n2Cc1ccccc1Cl. The average molecular weight is 454 g/mol. The molecule has 0 saturated carbocycles. The molecular weight excluding hydrogens is 422 g/mol. The van der Waals surface area contributed by atoms with Gasteiger partial charge in [-0.1, -0.05) is 55.3 Å². The molecule has 3 heterocycles. The number of imidazole rings is 1. The first-order chi connectivity index (χ1) is 15.4. The summed E-state index contributed by atoms with van der Waals surface area (Å²) in [6, 6.07) is 7.87. The highest BCUT2D eigenvalue weighted by atomic mass is 35.5. The van der Waals surface area contributed by atoms with Gasteiger partial charge in [0.15, 0.2) is 0 Å². The third-order valence-electron chi connectivity index (χ3n) is 6.37. The van der Waals surface area contributed by atoms with Gasteiger partial charge in [-0.3, -0.25) is 4.79 Å². The van der Waals surface area contributed by atoms with Gasteiger partial charge >= 0.3 is 0 Å². The number of benzene rings is 1. The largest absolute Gasteiger partial charge is 0.341 e. The molecule has 1 aromatic carbocycles. The predicted molar refractivity (Wildman–Crippen MR) is 134 cm³/mol. The molecule has 0 aliphatic carbocycles. The Morgan fingerprint density at radius 1 is 1.31 bits per heavy atom. The molecule has 0 amide bonds. The molecule has 1 saturated heterocycles. The fourth-order valence-corrected chi connectivity index (χ4v) is 4.65. The molecule has 32 heavy (non-hydrogen) atoms. The maximum atomic E-state index is 13.5. The summed E-state index contributed by atoms with van der Waals surface area (Å²) in [5.74, 6) is 0.794. The van der Waals surface area contributed by atoms with Gasteiger partial charge in [-0.15, -0.1) is 0 Å². The Kier molecular flexibility index (Phi) is 6.72. The minimum absolute atomic E-state index is 0.0442. The molecule has 3 aromatic rings. The maximum Gasteiger partial charge on any atom is 0.276 e. The van der Waals surface area contributed by atoms with Gasteiger partial charge in [0.2, 0.25) is 5.95 Å². The van der Waals surface area contributed by atoms with Crippen LogP contribution in [0.5, 0.6) is 0 Å². The van der Waals surface area contributed by atoms with E-state index < -0.39 is 0 Å². The van der Waals surface area contributed by atoms with Crippen LogP contribution < -0.4 is 16.2 Å². The second-order valence-corrected chi connectivity index (χ2v) is 9.10. The normalized spacial score (nSPS) is 17.0. The number of hydrogen-bond acceptors (Lipinski definition) is 4. The van der Waals surface area contributed by atoms with Crippen LogP contribution in [-0.4, -0.2) is 33.2 Å². The molecule has 1 unspecified atom stereocenters. The predicted octanol–water partition coefficient (Wildman–Crippen LogP) is 4.49. The van der Waals surface area contributed by atoms with Crippen molar-refractivity contribution in [1.29, 1.82) is 0 Å². The van der Waals surface area contributed by atoms with Crippen LogP contribution in [0.2, 0.25) is 5.02 Å². The molecule has 2 aromatic heterocycles. The Morgan fingerprint density at radius 2 is 2.09 bits per heavy atom. The highest BCUT2D eigenvalue weighted by Crippen LogP contribution is 2.29. The zero-order valence-electron chi connectivity index (χ0n) is 19.1. The first-order valence-corrected chi connectivity index (χ1v) is 11.8. The van der Waals surface area contributed by atoms with Gasteiger partial charge in [0.1, 0.15) is 11.0 Å². The number of hydrogen-bond donors (Lipinski definition) is 1. The van der Waals surface area contributed by atoms with E-state index in [1.165, 1.54) is 0 Å². The molecule has 0 spiro atoms. The Bertz CT molecular complexity index is 1210. The Hall–Kier alpha value is -2.57. The molecule has 6 nitrogen and oxygen atoms in total. The van der Waals surface area contributed by atoms with Crippen LogP contribution in [0.3, 0.4) is 0 Å². The van der Waals surface area contributed by atoms with Crippen molar-refractivity contribution >= 4 is 34.7 Å². The van der Waals surface area contributed by atoms with Crippen molar-refractivity contribution < 1.29 is 0 Å². The average Bonchev–Trinajstić information content (AvgIpc) is 3.15. The number of fused-ring (bicyclic) bond motifs is 1. The highest BCUT2D eigenvalue weighted by Gasteiger charge is 2.26. The summed E-state index contributed by atoms with van der Waals surface area (Å²) in [7, 11) is 1.83. The Balaban J connectivity index is 1.98. The van der Waals surface area contributed by atoms with E-state index in [9.17, 15) is 4.79 Å². The molecule has 1 atom stereocenters. The summed E-state index contributed by atoms with van der Waals surface area (Å²) in [5.41, 5.74) is 10.5. The minimum Gasteiger partial charge on any atom is -0.341 e. The van der Waals surface area contributed by atoms with Gasteiger partial charge in [-0.05, 0) is 37.8 Å². The van der Waals surface area contributed by atoms with Gasteiger partial charge in [0.25, 0.3) is 5.56 Å². The van der Waals surface area contributed by atoms with Gasteiger partial charge in [-0.2, -0.15) is 0 Å². The first kappa shape index (κ1) is 22.6. The lowest BCUT2D eigenvalue weighted by molar-refractivity contribution is 0.495. The van der Waals surface area contributed by atoms with Crippen molar-refractivity contribution in [2.45, 2.75) is 52.1 Å². The molecule has 7 heteroatoms. The quantitative estimate of drug-likeness (QED) is 0.597. The number of nitrogens with zero attached hydrogens (tertiary/aromatic N) is 4. The summed E-state index contributed by atoms with van der Waals surface area (Å²) < 4.78 is 3.76. The number of unbranched alkanes of at least 4 members (excludes halogenated alkanes) is 1. The lowest BCUT2D eigenvalue weighted by atomic mass is 10.1.